The second-order valence-corrected chi connectivity index (χ2v) is 5.56. The second-order valence-electron chi connectivity index (χ2n) is 5.56. The molecule has 0 amide bonds. The van der Waals surface area contributed by atoms with Crippen molar-refractivity contribution in [2.45, 2.75) is 33.7 Å². The molecule has 114 valence electrons. The van der Waals surface area contributed by atoms with Gasteiger partial charge in [-0.3, -0.25) is 4.90 Å². The zero-order valence-corrected chi connectivity index (χ0v) is 13.4. The Kier molecular flexibility index (Phi) is 8.23. The molecule has 4 nitrogen and oxygen atoms in total. The van der Waals surface area contributed by atoms with Crippen LogP contribution in [0.2, 0.25) is 0 Å². The molecule has 0 radical (unpaired) electrons. The van der Waals surface area contributed by atoms with Crippen molar-refractivity contribution in [3.63, 3.8) is 0 Å². The van der Waals surface area contributed by atoms with Crippen LogP contribution < -0.4 is 5.32 Å². The van der Waals surface area contributed by atoms with Crippen LogP contribution in [0.1, 0.15) is 32.8 Å². The van der Waals surface area contributed by atoms with E-state index in [1.54, 1.807) is 7.11 Å². The third-order valence-corrected chi connectivity index (χ3v) is 3.06. The van der Waals surface area contributed by atoms with Crippen LogP contribution in [-0.2, 0) is 11.3 Å². The largest absolute Gasteiger partial charge is 0.383 e. The van der Waals surface area contributed by atoms with Gasteiger partial charge in [0.1, 0.15) is 5.82 Å². The highest BCUT2D eigenvalue weighted by Gasteiger charge is 2.11. The number of nitrogens with one attached hydrogen (secondary N) is 1. The van der Waals surface area contributed by atoms with Crippen LogP contribution >= 0.6 is 0 Å². The lowest BCUT2D eigenvalue weighted by Crippen LogP contribution is -2.31. The molecule has 0 aliphatic rings. The van der Waals surface area contributed by atoms with Crippen LogP contribution in [0, 0.1) is 5.92 Å². The molecule has 20 heavy (non-hydrogen) atoms. The molecule has 0 atom stereocenters. The first-order chi connectivity index (χ1) is 9.67. The molecule has 1 rings (SSSR count). The smallest absolute Gasteiger partial charge is 0.130 e. The van der Waals surface area contributed by atoms with E-state index in [1.807, 2.05) is 12.3 Å². The van der Waals surface area contributed by atoms with Crippen molar-refractivity contribution >= 4 is 5.82 Å². The summed E-state index contributed by atoms with van der Waals surface area (Å²) < 4.78 is 5.21. The maximum atomic E-state index is 5.21. The first kappa shape index (κ1) is 16.9. The minimum Gasteiger partial charge on any atom is -0.383 e. The van der Waals surface area contributed by atoms with Gasteiger partial charge in [-0.1, -0.05) is 26.8 Å². The van der Waals surface area contributed by atoms with Crippen molar-refractivity contribution < 1.29 is 4.74 Å². The number of ether oxygens (including phenoxy) is 1. The van der Waals surface area contributed by atoms with Crippen LogP contribution in [0.5, 0.6) is 0 Å². The normalized spacial score (nSPS) is 11.3. The maximum Gasteiger partial charge on any atom is 0.130 e. The third kappa shape index (κ3) is 6.35. The summed E-state index contributed by atoms with van der Waals surface area (Å²) in [7, 11) is 1.76. The van der Waals surface area contributed by atoms with Gasteiger partial charge in [0.15, 0.2) is 0 Å². The lowest BCUT2D eigenvalue weighted by molar-refractivity contribution is 0.136. The number of hydrogen-bond acceptors (Lipinski definition) is 4. The minimum atomic E-state index is 0.649. The summed E-state index contributed by atoms with van der Waals surface area (Å²) in [6.07, 6.45) is 2.96. The van der Waals surface area contributed by atoms with Crippen molar-refractivity contribution in [1.29, 1.82) is 0 Å². The molecule has 4 heteroatoms. The van der Waals surface area contributed by atoms with Gasteiger partial charge in [-0.2, -0.15) is 0 Å². The molecule has 0 fully saturated rings. The van der Waals surface area contributed by atoms with E-state index in [0.717, 1.165) is 45.0 Å². The average Bonchev–Trinajstić information content (AvgIpc) is 2.43. The Bertz CT molecular complexity index is 368. The van der Waals surface area contributed by atoms with Crippen LogP contribution in [0.3, 0.4) is 0 Å². The van der Waals surface area contributed by atoms with Gasteiger partial charge in [0.25, 0.3) is 0 Å². The van der Waals surface area contributed by atoms with Gasteiger partial charge >= 0.3 is 0 Å². The van der Waals surface area contributed by atoms with Crippen LogP contribution in [0.15, 0.2) is 18.3 Å². The molecule has 1 aromatic heterocycles. The van der Waals surface area contributed by atoms with E-state index in [0.29, 0.717) is 5.92 Å². The summed E-state index contributed by atoms with van der Waals surface area (Å²) in [6.45, 7) is 11.3. The Balaban J connectivity index is 2.70. The van der Waals surface area contributed by atoms with Gasteiger partial charge in [-0.15, -0.1) is 0 Å². The van der Waals surface area contributed by atoms with Crippen molar-refractivity contribution in [3.05, 3.63) is 23.9 Å². The van der Waals surface area contributed by atoms with Crippen molar-refractivity contribution in [3.8, 4) is 0 Å². The zero-order chi connectivity index (χ0) is 14.8. The number of anilines is 1. The summed E-state index contributed by atoms with van der Waals surface area (Å²) in [5.74, 6) is 1.66. The van der Waals surface area contributed by atoms with E-state index in [9.17, 15) is 0 Å². The minimum absolute atomic E-state index is 0.649. The van der Waals surface area contributed by atoms with Crippen molar-refractivity contribution in [1.82, 2.24) is 9.88 Å². The number of pyridine rings is 1. The zero-order valence-electron chi connectivity index (χ0n) is 13.4. The third-order valence-electron chi connectivity index (χ3n) is 3.06. The quantitative estimate of drug-likeness (QED) is 0.714. The van der Waals surface area contributed by atoms with Gasteiger partial charge < -0.3 is 10.1 Å². The predicted octanol–water partition coefficient (Wildman–Crippen LogP) is 3.01. The molecule has 1 N–H and O–H groups in total. The van der Waals surface area contributed by atoms with Gasteiger partial charge in [-0.05, 0) is 18.4 Å². The molecule has 1 heterocycles. The monoisotopic (exact) mass is 279 g/mol. The summed E-state index contributed by atoms with van der Waals surface area (Å²) in [5.41, 5.74) is 1.26. The molecule has 0 bridgehead atoms. The SMILES string of the molecule is CCCNc1ncccc1CN(CCOC)CC(C)C. The van der Waals surface area contributed by atoms with Gasteiger partial charge in [0, 0.05) is 45.0 Å². The summed E-state index contributed by atoms with van der Waals surface area (Å²) in [4.78, 5) is 6.89. The molecule has 0 aliphatic carbocycles. The molecule has 0 saturated carbocycles. The van der Waals surface area contributed by atoms with E-state index >= 15 is 0 Å². The number of aromatic nitrogens is 1. The molecule has 0 saturated heterocycles. The molecular formula is C16H29N3O. The van der Waals surface area contributed by atoms with Gasteiger partial charge in [-0.25, -0.2) is 4.98 Å². The Labute approximate surface area is 123 Å². The van der Waals surface area contributed by atoms with Crippen molar-refractivity contribution in [2.75, 3.05) is 38.7 Å². The number of methoxy groups -OCH3 is 1. The van der Waals surface area contributed by atoms with E-state index in [-0.39, 0.29) is 0 Å². The summed E-state index contributed by atoms with van der Waals surface area (Å²) in [6, 6.07) is 4.17. The molecular weight excluding hydrogens is 250 g/mol. The first-order valence-corrected chi connectivity index (χ1v) is 7.56. The Morgan fingerprint density at radius 3 is 2.85 bits per heavy atom. The highest BCUT2D eigenvalue weighted by atomic mass is 16.5. The van der Waals surface area contributed by atoms with Crippen molar-refractivity contribution in [2.24, 2.45) is 5.92 Å². The topological polar surface area (TPSA) is 37.4 Å². The van der Waals surface area contributed by atoms with Crippen LogP contribution in [0.25, 0.3) is 0 Å². The van der Waals surface area contributed by atoms with Gasteiger partial charge in [0.2, 0.25) is 0 Å². The van der Waals surface area contributed by atoms with E-state index in [4.69, 9.17) is 4.74 Å². The standard InChI is InChI=1S/C16H29N3O/c1-5-8-17-16-15(7-6-9-18-16)13-19(10-11-20-4)12-14(2)3/h6-7,9,14H,5,8,10-13H2,1-4H3,(H,17,18). The molecule has 0 aromatic carbocycles. The fraction of sp³-hybridized carbons (Fsp3) is 0.688. The van der Waals surface area contributed by atoms with Crippen LogP contribution in [0.4, 0.5) is 5.82 Å². The number of nitrogens with zero attached hydrogens (tertiary/aromatic N) is 2. The average molecular weight is 279 g/mol. The molecule has 0 aliphatic heterocycles. The molecule has 0 unspecified atom stereocenters. The van der Waals surface area contributed by atoms with E-state index in [2.05, 4.69) is 42.0 Å². The summed E-state index contributed by atoms with van der Waals surface area (Å²) in [5, 5.41) is 3.41. The number of rotatable bonds is 10. The maximum absolute atomic E-state index is 5.21. The Hall–Kier alpha value is -1.13. The fourth-order valence-electron chi connectivity index (χ4n) is 2.18. The highest BCUT2D eigenvalue weighted by Crippen LogP contribution is 2.15. The lowest BCUT2D eigenvalue weighted by atomic mass is 10.1. The fourth-order valence-corrected chi connectivity index (χ4v) is 2.18. The highest BCUT2D eigenvalue weighted by molar-refractivity contribution is 5.43. The molecule has 0 spiro atoms. The predicted molar refractivity (Wildman–Crippen MR) is 85.0 cm³/mol. The molecule has 1 aromatic rings. The lowest BCUT2D eigenvalue weighted by Gasteiger charge is -2.25. The van der Waals surface area contributed by atoms with E-state index in [1.165, 1.54) is 5.56 Å². The first-order valence-electron chi connectivity index (χ1n) is 7.56. The number of hydrogen-bond donors (Lipinski definition) is 1. The Morgan fingerprint density at radius 1 is 1.40 bits per heavy atom. The van der Waals surface area contributed by atoms with Gasteiger partial charge in [0.05, 0.1) is 6.61 Å². The second kappa shape index (κ2) is 9.72. The van der Waals surface area contributed by atoms with Crippen LogP contribution in [-0.4, -0.2) is 43.2 Å². The summed E-state index contributed by atoms with van der Waals surface area (Å²) >= 11 is 0. The Morgan fingerprint density at radius 2 is 2.20 bits per heavy atom. The van der Waals surface area contributed by atoms with E-state index < -0.39 is 0 Å².